The lowest BCUT2D eigenvalue weighted by Gasteiger charge is -2.03. The second kappa shape index (κ2) is 4.14. The molecule has 0 fully saturated rings. The number of hydrogen-bond acceptors (Lipinski definition) is 3. The Labute approximate surface area is 91.4 Å². The van der Waals surface area contributed by atoms with Crippen molar-refractivity contribution in [3.8, 4) is 0 Å². The van der Waals surface area contributed by atoms with Crippen molar-refractivity contribution in [2.75, 3.05) is 0 Å². The Morgan fingerprint density at radius 1 is 1.38 bits per heavy atom. The number of aryl methyl sites for hydroxylation is 1. The molecule has 0 amide bonds. The molecule has 0 saturated heterocycles. The zero-order valence-corrected chi connectivity index (χ0v) is 8.80. The third-order valence-corrected chi connectivity index (χ3v) is 2.19. The third-order valence-electron chi connectivity index (χ3n) is 2.19. The van der Waals surface area contributed by atoms with E-state index in [1.807, 2.05) is 31.2 Å². The van der Waals surface area contributed by atoms with Crippen LogP contribution in [0.1, 0.15) is 11.1 Å². The lowest BCUT2D eigenvalue weighted by atomic mass is 10.1. The summed E-state index contributed by atoms with van der Waals surface area (Å²) in [6.45, 7) is 2.34. The molecule has 0 saturated carbocycles. The van der Waals surface area contributed by atoms with Gasteiger partial charge in [-0.1, -0.05) is 29.8 Å². The number of nitrogens with zero attached hydrogens (tertiary/aromatic N) is 2. The average molecular weight is 217 g/mol. The lowest BCUT2D eigenvalue weighted by molar-refractivity contribution is 0.607. The smallest absolute Gasteiger partial charge is 0.271 e. The molecule has 0 aliphatic carbocycles. The van der Waals surface area contributed by atoms with E-state index in [2.05, 4.69) is 10.1 Å². The molecule has 1 aromatic heterocycles. The van der Waals surface area contributed by atoms with Gasteiger partial charge in [0.1, 0.15) is 6.20 Å². The van der Waals surface area contributed by atoms with E-state index >= 15 is 0 Å². The van der Waals surface area contributed by atoms with E-state index < -0.39 is 11.2 Å². The normalized spacial score (nSPS) is 10.3. The minimum absolute atomic E-state index is 0.358. The number of aromatic amines is 1. The van der Waals surface area contributed by atoms with Gasteiger partial charge in [0, 0.05) is 0 Å². The van der Waals surface area contributed by atoms with Gasteiger partial charge in [0.05, 0.1) is 6.54 Å². The summed E-state index contributed by atoms with van der Waals surface area (Å²) in [4.78, 5) is 24.4. The van der Waals surface area contributed by atoms with Crippen molar-refractivity contribution in [3.05, 3.63) is 62.4 Å². The second-order valence-corrected chi connectivity index (χ2v) is 3.59. The van der Waals surface area contributed by atoms with Crippen LogP contribution in [0.3, 0.4) is 0 Å². The minimum atomic E-state index is -0.492. The molecule has 1 heterocycles. The molecule has 82 valence electrons. The van der Waals surface area contributed by atoms with Gasteiger partial charge in [0.2, 0.25) is 0 Å². The van der Waals surface area contributed by atoms with E-state index in [4.69, 9.17) is 0 Å². The zero-order chi connectivity index (χ0) is 11.5. The monoisotopic (exact) mass is 217 g/mol. The van der Waals surface area contributed by atoms with Crippen molar-refractivity contribution in [2.45, 2.75) is 13.5 Å². The summed E-state index contributed by atoms with van der Waals surface area (Å²) in [6, 6.07) is 7.78. The summed E-state index contributed by atoms with van der Waals surface area (Å²) in [5.41, 5.74) is 1.12. The summed E-state index contributed by atoms with van der Waals surface area (Å²) < 4.78 is 1.22. The number of nitrogens with one attached hydrogen (secondary N) is 1. The summed E-state index contributed by atoms with van der Waals surface area (Å²) in [6.07, 6.45) is 1.09. The standard InChI is InChI=1S/C11H11N3O2/c1-8-3-2-4-9(5-8)7-14-11(16)13-10(15)6-12-14/h2-6H,7H2,1H3,(H,13,15,16). The number of H-pyrrole nitrogens is 1. The highest BCUT2D eigenvalue weighted by Crippen LogP contribution is 2.03. The molecular weight excluding hydrogens is 206 g/mol. The number of aromatic nitrogens is 3. The van der Waals surface area contributed by atoms with Gasteiger partial charge in [-0.05, 0) is 12.5 Å². The van der Waals surface area contributed by atoms with E-state index in [0.717, 1.165) is 17.3 Å². The van der Waals surface area contributed by atoms with Gasteiger partial charge in [-0.2, -0.15) is 5.10 Å². The molecule has 2 rings (SSSR count). The van der Waals surface area contributed by atoms with Crippen LogP contribution in [0.15, 0.2) is 40.1 Å². The molecule has 2 aromatic rings. The van der Waals surface area contributed by atoms with Gasteiger partial charge in [-0.3, -0.25) is 9.78 Å². The van der Waals surface area contributed by atoms with E-state index in [0.29, 0.717) is 6.54 Å². The van der Waals surface area contributed by atoms with Gasteiger partial charge in [-0.15, -0.1) is 0 Å². The molecule has 0 unspecified atom stereocenters. The summed E-state index contributed by atoms with van der Waals surface area (Å²) in [5, 5.41) is 3.76. The Kier molecular flexibility index (Phi) is 2.68. The Bertz CT molecular complexity index is 613. The van der Waals surface area contributed by atoms with Crippen LogP contribution in [0.2, 0.25) is 0 Å². The predicted molar refractivity (Wildman–Crippen MR) is 59.4 cm³/mol. The molecule has 0 aliphatic rings. The van der Waals surface area contributed by atoms with E-state index in [1.165, 1.54) is 4.68 Å². The molecule has 1 N–H and O–H groups in total. The van der Waals surface area contributed by atoms with Crippen LogP contribution >= 0.6 is 0 Å². The van der Waals surface area contributed by atoms with Crippen LogP contribution in [-0.4, -0.2) is 14.8 Å². The van der Waals surface area contributed by atoms with Crippen LogP contribution in [0, 0.1) is 6.92 Å². The van der Waals surface area contributed by atoms with Crippen molar-refractivity contribution in [1.82, 2.24) is 14.8 Å². The Hall–Kier alpha value is -2.17. The molecule has 0 aliphatic heterocycles. The fourth-order valence-electron chi connectivity index (χ4n) is 1.47. The van der Waals surface area contributed by atoms with Gasteiger partial charge in [0.15, 0.2) is 0 Å². The van der Waals surface area contributed by atoms with Crippen molar-refractivity contribution >= 4 is 0 Å². The molecule has 0 radical (unpaired) electrons. The fraction of sp³-hybridized carbons (Fsp3) is 0.182. The minimum Gasteiger partial charge on any atom is -0.271 e. The van der Waals surface area contributed by atoms with Gasteiger partial charge in [0.25, 0.3) is 5.56 Å². The van der Waals surface area contributed by atoms with Crippen LogP contribution in [0.5, 0.6) is 0 Å². The SMILES string of the molecule is Cc1cccc(Cn2ncc(=O)[nH]c2=O)c1. The third kappa shape index (κ3) is 2.25. The van der Waals surface area contributed by atoms with Crippen molar-refractivity contribution in [3.63, 3.8) is 0 Å². The fourth-order valence-corrected chi connectivity index (χ4v) is 1.47. The highest BCUT2D eigenvalue weighted by molar-refractivity contribution is 5.22. The quantitative estimate of drug-likeness (QED) is 0.786. The number of rotatable bonds is 2. The van der Waals surface area contributed by atoms with E-state index in [1.54, 1.807) is 0 Å². The maximum atomic E-state index is 11.4. The largest absolute Gasteiger partial charge is 0.345 e. The van der Waals surface area contributed by atoms with Crippen LogP contribution in [0.25, 0.3) is 0 Å². The average Bonchev–Trinajstić information content (AvgIpc) is 2.22. The molecule has 0 spiro atoms. The summed E-state index contributed by atoms with van der Waals surface area (Å²) in [7, 11) is 0. The van der Waals surface area contributed by atoms with Crippen molar-refractivity contribution in [2.24, 2.45) is 0 Å². The highest BCUT2D eigenvalue weighted by Gasteiger charge is 1.99. The Morgan fingerprint density at radius 2 is 2.19 bits per heavy atom. The first-order valence-electron chi connectivity index (χ1n) is 4.87. The summed E-state index contributed by atoms with van der Waals surface area (Å²) >= 11 is 0. The van der Waals surface area contributed by atoms with Crippen molar-refractivity contribution in [1.29, 1.82) is 0 Å². The Balaban J connectivity index is 2.34. The molecule has 5 nitrogen and oxygen atoms in total. The van der Waals surface area contributed by atoms with E-state index in [9.17, 15) is 9.59 Å². The van der Waals surface area contributed by atoms with Gasteiger partial charge >= 0.3 is 5.69 Å². The molecule has 16 heavy (non-hydrogen) atoms. The zero-order valence-electron chi connectivity index (χ0n) is 8.80. The maximum absolute atomic E-state index is 11.4. The van der Waals surface area contributed by atoms with Crippen LogP contribution < -0.4 is 11.2 Å². The predicted octanol–water partition coefficient (Wildman–Crippen LogP) is 0.288. The Morgan fingerprint density at radius 3 is 2.88 bits per heavy atom. The molecular formula is C11H11N3O2. The number of benzene rings is 1. The molecule has 5 heteroatoms. The topological polar surface area (TPSA) is 67.8 Å². The first-order valence-corrected chi connectivity index (χ1v) is 4.87. The van der Waals surface area contributed by atoms with Gasteiger partial charge in [-0.25, -0.2) is 9.48 Å². The van der Waals surface area contributed by atoms with Crippen molar-refractivity contribution < 1.29 is 0 Å². The highest BCUT2D eigenvalue weighted by atomic mass is 16.2. The van der Waals surface area contributed by atoms with Crippen LogP contribution in [-0.2, 0) is 6.54 Å². The maximum Gasteiger partial charge on any atom is 0.345 e. The molecule has 0 atom stereocenters. The summed E-state index contributed by atoms with van der Waals surface area (Å²) in [5.74, 6) is 0. The number of hydrogen-bond donors (Lipinski definition) is 1. The lowest BCUT2D eigenvalue weighted by Crippen LogP contribution is -2.31. The second-order valence-electron chi connectivity index (χ2n) is 3.59. The first kappa shape index (κ1) is 10.4. The van der Waals surface area contributed by atoms with E-state index in [-0.39, 0.29) is 0 Å². The molecule has 0 bridgehead atoms. The first-order chi connectivity index (χ1) is 7.65. The molecule has 1 aromatic carbocycles. The van der Waals surface area contributed by atoms with Gasteiger partial charge < -0.3 is 0 Å². The van der Waals surface area contributed by atoms with Crippen LogP contribution in [0.4, 0.5) is 0 Å².